The lowest BCUT2D eigenvalue weighted by Crippen LogP contribution is -2.59. The molecule has 3 heterocycles. The van der Waals surface area contributed by atoms with Gasteiger partial charge in [-0.2, -0.15) is 0 Å². The number of hydrogen-bond acceptors (Lipinski definition) is 9. The highest BCUT2D eigenvalue weighted by molar-refractivity contribution is 7.91. The maximum Gasteiger partial charge on any atom is 0.410 e. The fourth-order valence-corrected chi connectivity index (χ4v) is 9.96. The van der Waals surface area contributed by atoms with Gasteiger partial charge in [0.2, 0.25) is 21.8 Å². The van der Waals surface area contributed by atoms with Crippen molar-refractivity contribution in [1.82, 2.24) is 25.2 Å². The normalized spacial score (nSPS) is 30.1. The summed E-state index contributed by atoms with van der Waals surface area (Å²) in [7, 11) is -3.90. The topological polar surface area (TPSA) is 181 Å². The number of nitrogens with zero attached hydrogens (tertiary/aromatic N) is 2. The quantitative estimate of drug-likeness (QED) is 0.351. The van der Waals surface area contributed by atoms with E-state index < -0.39 is 74.8 Å². The lowest BCUT2D eigenvalue weighted by molar-refractivity contribution is -0.142. The number of carbonyl (C=O) groups is 5. The molecule has 3 aliphatic carbocycles. The van der Waals surface area contributed by atoms with Crippen molar-refractivity contribution in [3.8, 4) is 0 Å². The Kier molecular flexibility index (Phi) is 10.7. The first-order valence-corrected chi connectivity index (χ1v) is 20.8. The molecule has 14 nitrogen and oxygen atoms in total. The van der Waals surface area contributed by atoms with Crippen LogP contribution in [0.25, 0.3) is 0 Å². The van der Waals surface area contributed by atoms with Gasteiger partial charge in [-0.05, 0) is 74.0 Å². The zero-order valence-corrected chi connectivity index (χ0v) is 31.0. The Balaban J connectivity index is 1.15. The number of sulfonamides is 1. The first-order valence-electron chi connectivity index (χ1n) is 19.3. The molecule has 3 saturated carbocycles. The van der Waals surface area contributed by atoms with Gasteiger partial charge >= 0.3 is 12.2 Å². The van der Waals surface area contributed by atoms with E-state index in [-0.39, 0.29) is 31.9 Å². The summed E-state index contributed by atoms with van der Waals surface area (Å²) in [6, 6.07) is 3.96. The lowest BCUT2D eigenvalue weighted by Gasteiger charge is -2.34. The van der Waals surface area contributed by atoms with Gasteiger partial charge in [0.05, 0.1) is 18.4 Å². The largest absolute Gasteiger partial charge is 0.450 e. The Bertz CT molecular complexity index is 1740. The summed E-state index contributed by atoms with van der Waals surface area (Å²) in [4.78, 5) is 72.2. The molecule has 0 unspecified atom stereocenters. The molecule has 288 valence electrons. The molecule has 15 heteroatoms. The summed E-state index contributed by atoms with van der Waals surface area (Å²) in [5.74, 6) is -2.73. The van der Waals surface area contributed by atoms with E-state index in [2.05, 4.69) is 28.0 Å². The molecule has 7 rings (SSSR count). The van der Waals surface area contributed by atoms with Crippen LogP contribution in [-0.2, 0) is 53.4 Å². The maximum atomic E-state index is 14.6. The monoisotopic (exact) mass is 753 g/mol. The summed E-state index contributed by atoms with van der Waals surface area (Å²) in [6.07, 6.45) is 8.94. The van der Waals surface area contributed by atoms with Gasteiger partial charge in [0.25, 0.3) is 5.91 Å². The number of nitrogens with one attached hydrogen (secondary N) is 3. The molecule has 1 saturated heterocycles. The van der Waals surface area contributed by atoms with Crippen LogP contribution in [0.4, 0.5) is 9.59 Å². The molecule has 4 fully saturated rings. The summed E-state index contributed by atoms with van der Waals surface area (Å²) < 4.78 is 39.1. The van der Waals surface area contributed by atoms with Crippen molar-refractivity contribution in [3.05, 3.63) is 47.5 Å². The fourth-order valence-electron chi connectivity index (χ4n) is 8.60. The number of hydrogen-bond donors (Lipinski definition) is 3. The van der Waals surface area contributed by atoms with E-state index in [0.717, 1.165) is 56.1 Å². The second-order valence-corrected chi connectivity index (χ2v) is 17.6. The van der Waals surface area contributed by atoms with Gasteiger partial charge in [0.15, 0.2) is 0 Å². The molecular formula is C38H51N5O9S. The zero-order chi connectivity index (χ0) is 37.3. The van der Waals surface area contributed by atoms with Crippen LogP contribution < -0.4 is 15.4 Å². The van der Waals surface area contributed by atoms with E-state index in [1.807, 2.05) is 12.1 Å². The van der Waals surface area contributed by atoms with Crippen molar-refractivity contribution in [2.75, 3.05) is 13.2 Å². The van der Waals surface area contributed by atoms with Crippen molar-refractivity contribution >= 4 is 39.9 Å². The number of rotatable bonds is 7. The first kappa shape index (κ1) is 37.2. The average Bonchev–Trinajstić information content (AvgIpc) is 4.04. The van der Waals surface area contributed by atoms with Crippen LogP contribution >= 0.6 is 0 Å². The Morgan fingerprint density at radius 1 is 0.962 bits per heavy atom. The number of benzene rings is 1. The Labute approximate surface area is 310 Å². The highest BCUT2D eigenvalue weighted by atomic mass is 32.2. The van der Waals surface area contributed by atoms with Gasteiger partial charge in [0.1, 0.15) is 23.7 Å². The van der Waals surface area contributed by atoms with E-state index in [1.165, 1.54) is 16.5 Å². The minimum absolute atomic E-state index is 0.0476. The van der Waals surface area contributed by atoms with Crippen molar-refractivity contribution in [1.29, 1.82) is 0 Å². The number of ether oxygens (including phenoxy) is 2. The molecule has 53 heavy (non-hydrogen) atoms. The molecule has 0 spiro atoms. The second-order valence-electron chi connectivity index (χ2n) is 15.7. The van der Waals surface area contributed by atoms with Gasteiger partial charge in [-0.1, -0.05) is 56.4 Å². The molecule has 3 N–H and O–H groups in total. The summed E-state index contributed by atoms with van der Waals surface area (Å²) in [6.45, 7) is 4.67. The molecule has 1 aromatic carbocycles. The molecule has 5 amide bonds. The zero-order valence-electron chi connectivity index (χ0n) is 30.2. The molecule has 5 atom stereocenters. The number of alkyl carbamates (subject to hydrolysis) is 1. The second kappa shape index (κ2) is 15.3. The van der Waals surface area contributed by atoms with Crippen LogP contribution in [0.2, 0.25) is 0 Å². The highest BCUT2D eigenvalue weighted by Gasteiger charge is 2.62. The van der Waals surface area contributed by atoms with Crippen molar-refractivity contribution in [2.24, 2.45) is 11.8 Å². The van der Waals surface area contributed by atoms with Crippen molar-refractivity contribution in [2.45, 2.75) is 132 Å². The lowest BCUT2D eigenvalue weighted by atomic mass is 9.83. The first-order chi connectivity index (χ1) is 25.5. The molecule has 0 aromatic heterocycles. The van der Waals surface area contributed by atoms with Gasteiger partial charge in [0, 0.05) is 25.4 Å². The predicted molar refractivity (Wildman–Crippen MR) is 192 cm³/mol. The smallest absolute Gasteiger partial charge is 0.410 e. The van der Waals surface area contributed by atoms with E-state index in [0.29, 0.717) is 45.2 Å². The molecule has 6 aliphatic rings. The number of fused-ring (bicyclic) bond motifs is 3. The minimum Gasteiger partial charge on any atom is -0.450 e. The van der Waals surface area contributed by atoms with E-state index in [9.17, 15) is 32.4 Å². The third-order valence-electron chi connectivity index (χ3n) is 11.9. The fraction of sp³-hybridized carbons (Fsp3) is 0.658. The van der Waals surface area contributed by atoms with Crippen molar-refractivity contribution < 1.29 is 41.9 Å². The van der Waals surface area contributed by atoms with Crippen LogP contribution in [-0.4, -0.2) is 90.3 Å². The van der Waals surface area contributed by atoms with E-state index in [1.54, 1.807) is 4.90 Å². The number of cyclic esters (lactones) is 1. The number of aryl methyl sites for hydroxylation is 1. The van der Waals surface area contributed by atoms with Crippen LogP contribution in [0.3, 0.4) is 0 Å². The molecule has 1 aromatic rings. The predicted octanol–water partition coefficient (Wildman–Crippen LogP) is 3.57. The Hall–Kier alpha value is -4.14. The van der Waals surface area contributed by atoms with Gasteiger partial charge in [-0.25, -0.2) is 18.0 Å². The van der Waals surface area contributed by atoms with Gasteiger partial charge < -0.3 is 25.0 Å². The molecule has 0 radical (unpaired) electrons. The van der Waals surface area contributed by atoms with Gasteiger partial charge in [-0.15, -0.1) is 6.58 Å². The van der Waals surface area contributed by atoms with Gasteiger partial charge in [-0.3, -0.25) is 24.0 Å². The van der Waals surface area contributed by atoms with E-state index in [4.69, 9.17) is 9.47 Å². The van der Waals surface area contributed by atoms with Crippen LogP contribution in [0.15, 0.2) is 30.9 Å². The van der Waals surface area contributed by atoms with Crippen LogP contribution in [0, 0.1) is 11.8 Å². The average molecular weight is 754 g/mol. The van der Waals surface area contributed by atoms with Crippen molar-refractivity contribution in [3.63, 3.8) is 0 Å². The highest BCUT2D eigenvalue weighted by Crippen LogP contribution is 2.45. The third-order valence-corrected chi connectivity index (χ3v) is 13.8. The SMILES string of the molecule is C=C[C@@H]1C[C@]1(NC(=O)[C@@H]1C[C@@H]2CN1C(=O)[C@H](C1CCCCC1)NC(=O)OCCCCCCc1cccc3c1CN(C3)C(=O)O2)C(=O)NS(=O)(=O)C1CC1. The minimum atomic E-state index is -3.90. The summed E-state index contributed by atoms with van der Waals surface area (Å²) in [5.41, 5.74) is 1.81. The van der Waals surface area contributed by atoms with Crippen LogP contribution in [0.5, 0.6) is 0 Å². The summed E-state index contributed by atoms with van der Waals surface area (Å²) in [5, 5.41) is 4.97. The number of carbonyl (C=O) groups excluding carboxylic acids is 5. The molecular weight excluding hydrogens is 703 g/mol. The maximum absolute atomic E-state index is 14.6. The standard InChI is InChI=1S/C38H51N5O9S/c1-2-27-20-38(27,35(46)41-53(49,50)29-16-17-29)40-33(44)31-19-28-22-43(31)34(45)32(25-12-7-5-8-13-25)39-36(47)51-18-9-4-3-6-11-24-14-10-15-26-21-42(23-30(24)26)37(48)52-28/h2,10,14-15,25,27-29,31-32H,1,3-9,11-13,16-23H2,(H,39,47)(H,40,44)(H,41,46)/t27-,28-,31+,32+,38-/m1/s1. The summed E-state index contributed by atoms with van der Waals surface area (Å²) >= 11 is 0. The Morgan fingerprint density at radius 2 is 1.70 bits per heavy atom. The van der Waals surface area contributed by atoms with E-state index >= 15 is 0 Å². The molecule has 3 aliphatic heterocycles. The van der Waals surface area contributed by atoms with Crippen LogP contribution in [0.1, 0.15) is 100 Å². The Morgan fingerprint density at radius 3 is 2.43 bits per heavy atom. The molecule has 4 bridgehead atoms. The third kappa shape index (κ3) is 8.04. The number of amides is 5.